The van der Waals surface area contributed by atoms with E-state index in [0.29, 0.717) is 13.2 Å². The number of hydrogen-bond donors (Lipinski definition) is 2. The summed E-state index contributed by atoms with van der Waals surface area (Å²) in [5.74, 6) is -0.0664. The van der Waals surface area contributed by atoms with E-state index in [1.807, 2.05) is 30.3 Å². The number of carbonyl (C=O) groups is 1. The van der Waals surface area contributed by atoms with Crippen LogP contribution < -0.4 is 11.1 Å². The van der Waals surface area contributed by atoms with Crippen LogP contribution in [0.4, 0.5) is 0 Å². The van der Waals surface area contributed by atoms with Crippen molar-refractivity contribution in [2.45, 2.75) is 37.8 Å². The third-order valence-electron chi connectivity index (χ3n) is 3.70. The lowest BCUT2D eigenvalue weighted by atomic mass is 9.98. The molecule has 0 saturated heterocycles. The molecule has 1 saturated carbocycles. The third kappa shape index (κ3) is 4.04. The van der Waals surface area contributed by atoms with Crippen LogP contribution in [0.1, 0.15) is 31.2 Å². The van der Waals surface area contributed by atoms with E-state index in [1.54, 1.807) is 0 Å². The molecule has 4 heteroatoms. The minimum atomic E-state index is -0.187. The minimum Gasteiger partial charge on any atom is -0.367 e. The summed E-state index contributed by atoms with van der Waals surface area (Å²) in [6, 6.07) is 9.84. The van der Waals surface area contributed by atoms with Crippen LogP contribution in [0.5, 0.6) is 0 Å². The Hall–Kier alpha value is -1.39. The van der Waals surface area contributed by atoms with Crippen LogP contribution in [-0.2, 0) is 16.1 Å². The number of ether oxygens (including phenoxy) is 1. The Bertz CT molecular complexity index is 400. The molecule has 1 aromatic rings. The zero-order valence-corrected chi connectivity index (χ0v) is 11.2. The second kappa shape index (κ2) is 6.68. The molecule has 0 aliphatic heterocycles. The van der Waals surface area contributed by atoms with Crippen molar-refractivity contribution in [3.63, 3.8) is 0 Å². The molecule has 0 heterocycles. The Morgan fingerprint density at radius 2 is 1.95 bits per heavy atom. The van der Waals surface area contributed by atoms with Crippen molar-refractivity contribution in [1.29, 1.82) is 0 Å². The summed E-state index contributed by atoms with van der Waals surface area (Å²) in [5, 5.41) is 3.04. The van der Waals surface area contributed by atoms with Crippen molar-refractivity contribution >= 4 is 5.91 Å². The molecular weight excluding hydrogens is 240 g/mol. The summed E-state index contributed by atoms with van der Waals surface area (Å²) < 4.78 is 5.43. The van der Waals surface area contributed by atoms with Crippen LogP contribution in [-0.4, -0.2) is 24.6 Å². The summed E-state index contributed by atoms with van der Waals surface area (Å²) in [6.45, 7) is 1.07. The average Bonchev–Trinajstić information content (AvgIpc) is 2.89. The summed E-state index contributed by atoms with van der Waals surface area (Å²) in [6.07, 6.45) is 4.24. The average molecular weight is 262 g/mol. The van der Waals surface area contributed by atoms with Gasteiger partial charge in [-0.25, -0.2) is 0 Å². The first-order chi connectivity index (χ1) is 9.24. The molecule has 0 unspecified atom stereocenters. The summed E-state index contributed by atoms with van der Waals surface area (Å²) in [7, 11) is 0. The molecule has 1 fully saturated rings. The van der Waals surface area contributed by atoms with Gasteiger partial charge in [0.05, 0.1) is 12.1 Å². The van der Waals surface area contributed by atoms with Crippen molar-refractivity contribution in [1.82, 2.24) is 5.32 Å². The standard InChI is InChI=1S/C15H22N2O2/c16-12-15(8-4-5-9-15)17-14(18)11-19-10-13-6-2-1-3-7-13/h1-3,6-7H,4-5,8-12,16H2,(H,17,18). The van der Waals surface area contributed by atoms with Gasteiger partial charge >= 0.3 is 0 Å². The third-order valence-corrected chi connectivity index (χ3v) is 3.70. The van der Waals surface area contributed by atoms with E-state index in [9.17, 15) is 4.79 Å². The fraction of sp³-hybridized carbons (Fsp3) is 0.533. The number of nitrogens with two attached hydrogens (primary N) is 1. The van der Waals surface area contributed by atoms with Gasteiger partial charge in [-0.05, 0) is 18.4 Å². The van der Waals surface area contributed by atoms with E-state index < -0.39 is 0 Å². The highest BCUT2D eigenvalue weighted by Gasteiger charge is 2.33. The summed E-state index contributed by atoms with van der Waals surface area (Å²) >= 11 is 0. The molecular formula is C15H22N2O2. The van der Waals surface area contributed by atoms with E-state index in [-0.39, 0.29) is 18.1 Å². The SMILES string of the molecule is NCC1(NC(=O)COCc2ccccc2)CCCC1. The van der Waals surface area contributed by atoms with E-state index in [0.717, 1.165) is 31.2 Å². The Labute approximate surface area is 114 Å². The number of nitrogens with one attached hydrogen (secondary N) is 1. The van der Waals surface area contributed by atoms with Crippen LogP contribution in [0, 0.1) is 0 Å². The zero-order chi connectivity index (χ0) is 13.6. The Morgan fingerprint density at radius 3 is 2.58 bits per heavy atom. The molecule has 0 bridgehead atoms. The second-order valence-electron chi connectivity index (χ2n) is 5.22. The zero-order valence-electron chi connectivity index (χ0n) is 11.2. The van der Waals surface area contributed by atoms with Crippen molar-refractivity contribution < 1.29 is 9.53 Å². The molecule has 2 rings (SSSR count). The molecule has 0 radical (unpaired) electrons. The second-order valence-corrected chi connectivity index (χ2v) is 5.22. The number of benzene rings is 1. The molecule has 0 spiro atoms. The summed E-state index contributed by atoms with van der Waals surface area (Å²) in [5.41, 5.74) is 6.67. The van der Waals surface area contributed by atoms with Crippen molar-refractivity contribution in [3.8, 4) is 0 Å². The fourth-order valence-electron chi connectivity index (χ4n) is 2.60. The van der Waals surface area contributed by atoms with E-state index in [4.69, 9.17) is 10.5 Å². The molecule has 1 aliphatic carbocycles. The largest absolute Gasteiger partial charge is 0.367 e. The molecule has 1 aromatic carbocycles. The lowest BCUT2D eigenvalue weighted by Gasteiger charge is -2.28. The van der Waals surface area contributed by atoms with Crippen LogP contribution in [0.2, 0.25) is 0 Å². The van der Waals surface area contributed by atoms with Gasteiger partial charge in [0.2, 0.25) is 5.91 Å². The molecule has 104 valence electrons. The first kappa shape index (κ1) is 14.0. The maximum absolute atomic E-state index is 11.9. The highest BCUT2D eigenvalue weighted by Crippen LogP contribution is 2.28. The number of amides is 1. The predicted octanol–water partition coefficient (Wildman–Crippen LogP) is 1.59. The topological polar surface area (TPSA) is 64.3 Å². The molecule has 4 nitrogen and oxygen atoms in total. The molecule has 0 atom stereocenters. The minimum absolute atomic E-state index is 0.0664. The Morgan fingerprint density at radius 1 is 1.26 bits per heavy atom. The van der Waals surface area contributed by atoms with Gasteiger partial charge in [-0.2, -0.15) is 0 Å². The van der Waals surface area contributed by atoms with Crippen LogP contribution >= 0.6 is 0 Å². The Kier molecular flexibility index (Phi) is 4.93. The van der Waals surface area contributed by atoms with E-state index in [1.165, 1.54) is 0 Å². The first-order valence-corrected chi connectivity index (χ1v) is 6.87. The normalized spacial score (nSPS) is 17.3. The van der Waals surface area contributed by atoms with Gasteiger partial charge in [-0.1, -0.05) is 43.2 Å². The lowest BCUT2D eigenvalue weighted by molar-refractivity contribution is -0.128. The van der Waals surface area contributed by atoms with Crippen LogP contribution in [0.25, 0.3) is 0 Å². The maximum atomic E-state index is 11.9. The van der Waals surface area contributed by atoms with Crippen molar-refractivity contribution in [2.75, 3.05) is 13.2 Å². The fourth-order valence-corrected chi connectivity index (χ4v) is 2.60. The van der Waals surface area contributed by atoms with E-state index in [2.05, 4.69) is 5.32 Å². The van der Waals surface area contributed by atoms with Gasteiger partial charge in [-0.3, -0.25) is 4.79 Å². The molecule has 1 amide bonds. The lowest BCUT2D eigenvalue weighted by Crippen LogP contribution is -2.52. The number of carbonyl (C=O) groups excluding carboxylic acids is 1. The van der Waals surface area contributed by atoms with Gasteiger partial charge in [0.1, 0.15) is 6.61 Å². The monoisotopic (exact) mass is 262 g/mol. The van der Waals surface area contributed by atoms with Gasteiger partial charge in [0.25, 0.3) is 0 Å². The molecule has 3 N–H and O–H groups in total. The molecule has 1 aliphatic rings. The van der Waals surface area contributed by atoms with Gasteiger partial charge < -0.3 is 15.8 Å². The van der Waals surface area contributed by atoms with Crippen molar-refractivity contribution in [2.24, 2.45) is 5.73 Å². The van der Waals surface area contributed by atoms with Crippen molar-refractivity contribution in [3.05, 3.63) is 35.9 Å². The predicted molar refractivity (Wildman–Crippen MR) is 74.5 cm³/mol. The smallest absolute Gasteiger partial charge is 0.246 e. The highest BCUT2D eigenvalue weighted by molar-refractivity contribution is 5.78. The van der Waals surface area contributed by atoms with Crippen LogP contribution in [0.15, 0.2) is 30.3 Å². The summed E-state index contributed by atoms with van der Waals surface area (Å²) in [4.78, 5) is 11.9. The molecule has 0 aromatic heterocycles. The maximum Gasteiger partial charge on any atom is 0.246 e. The van der Waals surface area contributed by atoms with E-state index >= 15 is 0 Å². The van der Waals surface area contributed by atoms with Gasteiger partial charge in [0, 0.05) is 6.54 Å². The quantitative estimate of drug-likeness (QED) is 0.818. The van der Waals surface area contributed by atoms with Gasteiger partial charge in [0.15, 0.2) is 0 Å². The van der Waals surface area contributed by atoms with Crippen LogP contribution in [0.3, 0.4) is 0 Å². The highest BCUT2D eigenvalue weighted by atomic mass is 16.5. The molecule has 19 heavy (non-hydrogen) atoms. The Balaban J connectivity index is 1.73. The number of rotatable bonds is 6. The first-order valence-electron chi connectivity index (χ1n) is 6.87. The number of hydrogen-bond acceptors (Lipinski definition) is 3. The van der Waals surface area contributed by atoms with Gasteiger partial charge in [-0.15, -0.1) is 0 Å².